The number of amides is 1. The van der Waals surface area contributed by atoms with Crippen molar-refractivity contribution < 1.29 is 9.90 Å². The first kappa shape index (κ1) is 12.6. The molecule has 2 rings (SSSR count). The van der Waals surface area contributed by atoms with Crippen LogP contribution in [-0.2, 0) is 0 Å². The number of phenols is 1. The standard InChI is InChI=1S/C13H11BrN2O2/c1-8-4-5-9(11(17)7-8)13(18)16-10-3-2-6-15-12(10)14/h2-7,17H,1H3,(H,16,18). The van der Waals surface area contributed by atoms with Crippen LogP contribution < -0.4 is 5.32 Å². The van der Waals surface area contributed by atoms with Gasteiger partial charge in [-0.2, -0.15) is 0 Å². The normalized spacial score (nSPS) is 10.1. The summed E-state index contributed by atoms with van der Waals surface area (Å²) < 4.78 is 0.546. The smallest absolute Gasteiger partial charge is 0.259 e. The number of anilines is 1. The van der Waals surface area contributed by atoms with E-state index < -0.39 is 0 Å². The fraction of sp³-hybridized carbons (Fsp3) is 0.0769. The number of aromatic hydroxyl groups is 1. The van der Waals surface area contributed by atoms with Gasteiger partial charge in [-0.1, -0.05) is 6.07 Å². The van der Waals surface area contributed by atoms with Gasteiger partial charge in [0.2, 0.25) is 0 Å². The van der Waals surface area contributed by atoms with Crippen molar-refractivity contribution in [1.29, 1.82) is 0 Å². The molecule has 1 amide bonds. The fourth-order valence-electron chi connectivity index (χ4n) is 1.50. The Morgan fingerprint density at radius 3 is 2.83 bits per heavy atom. The summed E-state index contributed by atoms with van der Waals surface area (Å²) in [5.74, 6) is -0.409. The molecule has 0 aliphatic carbocycles. The summed E-state index contributed by atoms with van der Waals surface area (Å²) in [6.07, 6.45) is 1.61. The predicted molar refractivity (Wildman–Crippen MR) is 72.7 cm³/mol. The second kappa shape index (κ2) is 5.18. The van der Waals surface area contributed by atoms with Gasteiger partial charge in [-0.25, -0.2) is 4.98 Å². The minimum atomic E-state index is -0.374. The van der Waals surface area contributed by atoms with E-state index in [1.165, 1.54) is 0 Å². The van der Waals surface area contributed by atoms with Crippen molar-refractivity contribution in [2.45, 2.75) is 6.92 Å². The molecule has 4 nitrogen and oxygen atoms in total. The second-order valence-electron chi connectivity index (χ2n) is 3.82. The van der Waals surface area contributed by atoms with Gasteiger partial charge in [0.1, 0.15) is 10.4 Å². The van der Waals surface area contributed by atoms with Crippen molar-refractivity contribution in [2.75, 3.05) is 5.32 Å². The molecule has 0 spiro atoms. The molecule has 2 aromatic rings. The molecule has 0 saturated carbocycles. The Morgan fingerprint density at radius 1 is 1.39 bits per heavy atom. The summed E-state index contributed by atoms with van der Waals surface area (Å²) in [6.45, 7) is 1.85. The highest BCUT2D eigenvalue weighted by atomic mass is 79.9. The average molecular weight is 307 g/mol. The number of benzene rings is 1. The highest BCUT2D eigenvalue weighted by Gasteiger charge is 2.12. The van der Waals surface area contributed by atoms with Crippen LogP contribution in [0.15, 0.2) is 41.1 Å². The van der Waals surface area contributed by atoms with E-state index in [9.17, 15) is 9.90 Å². The first-order valence-corrected chi connectivity index (χ1v) is 6.08. The van der Waals surface area contributed by atoms with Gasteiger partial charge < -0.3 is 10.4 Å². The lowest BCUT2D eigenvalue weighted by molar-refractivity contribution is 0.102. The molecule has 0 unspecified atom stereocenters. The lowest BCUT2D eigenvalue weighted by atomic mass is 10.1. The third-order valence-electron chi connectivity index (χ3n) is 2.41. The molecule has 0 saturated heterocycles. The highest BCUT2D eigenvalue weighted by Crippen LogP contribution is 2.22. The van der Waals surface area contributed by atoms with Crippen LogP contribution in [0.2, 0.25) is 0 Å². The maximum absolute atomic E-state index is 12.0. The maximum Gasteiger partial charge on any atom is 0.259 e. The number of nitrogens with one attached hydrogen (secondary N) is 1. The van der Waals surface area contributed by atoms with E-state index in [0.717, 1.165) is 5.56 Å². The number of hydrogen-bond donors (Lipinski definition) is 2. The van der Waals surface area contributed by atoms with Gasteiger partial charge in [0.25, 0.3) is 5.91 Å². The number of carbonyl (C=O) groups is 1. The molecule has 92 valence electrons. The van der Waals surface area contributed by atoms with Crippen molar-refractivity contribution in [3.63, 3.8) is 0 Å². The Labute approximate surface area is 113 Å². The molecule has 0 aliphatic rings. The van der Waals surface area contributed by atoms with Crippen molar-refractivity contribution in [3.8, 4) is 5.75 Å². The molecule has 0 atom stereocenters. The second-order valence-corrected chi connectivity index (χ2v) is 4.57. The van der Waals surface area contributed by atoms with E-state index in [1.54, 1.807) is 36.5 Å². The summed E-state index contributed by atoms with van der Waals surface area (Å²) in [5, 5.41) is 12.4. The topological polar surface area (TPSA) is 62.2 Å². The number of aromatic nitrogens is 1. The van der Waals surface area contributed by atoms with Gasteiger partial charge in [-0.15, -0.1) is 0 Å². The van der Waals surface area contributed by atoms with Gasteiger partial charge >= 0.3 is 0 Å². The number of carbonyl (C=O) groups excluding carboxylic acids is 1. The van der Waals surface area contributed by atoms with Gasteiger partial charge in [-0.3, -0.25) is 4.79 Å². The summed E-state index contributed by atoms with van der Waals surface area (Å²) in [4.78, 5) is 16.0. The molecule has 0 fully saturated rings. The zero-order chi connectivity index (χ0) is 13.1. The van der Waals surface area contributed by atoms with Crippen LogP contribution in [0.5, 0.6) is 5.75 Å². The number of rotatable bonds is 2. The van der Waals surface area contributed by atoms with Crippen LogP contribution in [-0.4, -0.2) is 16.0 Å². The van der Waals surface area contributed by atoms with E-state index in [1.807, 2.05) is 6.92 Å². The Kier molecular flexibility index (Phi) is 3.62. The van der Waals surface area contributed by atoms with Crippen molar-refractivity contribution in [3.05, 3.63) is 52.3 Å². The molecule has 1 heterocycles. The summed E-state index contributed by atoms with van der Waals surface area (Å²) in [7, 11) is 0. The van der Waals surface area contributed by atoms with E-state index in [2.05, 4.69) is 26.2 Å². The third-order valence-corrected chi connectivity index (χ3v) is 3.04. The number of aryl methyl sites for hydroxylation is 1. The number of hydrogen-bond acceptors (Lipinski definition) is 3. The van der Waals surface area contributed by atoms with E-state index in [-0.39, 0.29) is 17.2 Å². The Balaban J connectivity index is 2.25. The molecular formula is C13H11BrN2O2. The Morgan fingerprint density at radius 2 is 2.17 bits per heavy atom. The average Bonchev–Trinajstić information content (AvgIpc) is 2.32. The molecule has 1 aromatic carbocycles. The maximum atomic E-state index is 12.0. The summed E-state index contributed by atoms with van der Waals surface area (Å²) in [6, 6.07) is 8.35. The van der Waals surface area contributed by atoms with Crippen LogP contribution in [0, 0.1) is 6.92 Å². The SMILES string of the molecule is Cc1ccc(C(=O)Nc2cccnc2Br)c(O)c1. The minimum Gasteiger partial charge on any atom is -0.507 e. The van der Waals surface area contributed by atoms with Crippen LogP contribution in [0.4, 0.5) is 5.69 Å². The van der Waals surface area contributed by atoms with Crippen molar-refractivity contribution in [2.24, 2.45) is 0 Å². The number of nitrogens with zero attached hydrogens (tertiary/aromatic N) is 1. The monoisotopic (exact) mass is 306 g/mol. The number of halogens is 1. The van der Waals surface area contributed by atoms with E-state index >= 15 is 0 Å². The molecular weight excluding hydrogens is 296 g/mol. The quantitative estimate of drug-likeness (QED) is 0.838. The molecule has 5 heteroatoms. The van der Waals surface area contributed by atoms with Crippen LogP contribution >= 0.6 is 15.9 Å². The number of phenolic OH excluding ortho intramolecular Hbond substituents is 1. The Hall–Kier alpha value is -1.88. The first-order chi connectivity index (χ1) is 8.58. The minimum absolute atomic E-state index is 0.0347. The third kappa shape index (κ3) is 2.68. The van der Waals surface area contributed by atoms with E-state index in [4.69, 9.17) is 0 Å². The zero-order valence-electron chi connectivity index (χ0n) is 9.64. The van der Waals surface area contributed by atoms with Gasteiger partial charge in [0.05, 0.1) is 11.3 Å². The first-order valence-electron chi connectivity index (χ1n) is 5.29. The lowest BCUT2D eigenvalue weighted by Gasteiger charge is -2.08. The fourth-order valence-corrected chi connectivity index (χ4v) is 1.85. The van der Waals surface area contributed by atoms with Crippen molar-refractivity contribution >= 4 is 27.5 Å². The van der Waals surface area contributed by atoms with Gasteiger partial charge in [0.15, 0.2) is 0 Å². The molecule has 0 aliphatic heterocycles. The predicted octanol–water partition coefficient (Wildman–Crippen LogP) is 3.11. The Bertz CT molecular complexity index is 599. The van der Waals surface area contributed by atoms with Crippen LogP contribution in [0.25, 0.3) is 0 Å². The molecule has 2 N–H and O–H groups in total. The molecule has 18 heavy (non-hydrogen) atoms. The lowest BCUT2D eigenvalue weighted by Crippen LogP contribution is -2.12. The van der Waals surface area contributed by atoms with Crippen molar-refractivity contribution in [1.82, 2.24) is 4.98 Å². The molecule has 0 bridgehead atoms. The molecule has 0 radical (unpaired) electrons. The van der Waals surface area contributed by atoms with Crippen LogP contribution in [0.1, 0.15) is 15.9 Å². The van der Waals surface area contributed by atoms with Gasteiger partial charge in [0, 0.05) is 6.20 Å². The largest absolute Gasteiger partial charge is 0.507 e. The van der Waals surface area contributed by atoms with Crippen LogP contribution in [0.3, 0.4) is 0 Å². The molecule has 1 aromatic heterocycles. The van der Waals surface area contributed by atoms with E-state index in [0.29, 0.717) is 10.3 Å². The summed E-state index contributed by atoms with van der Waals surface area (Å²) in [5.41, 5.74) is 1.69. The summed E-state index contributed by atoms with van der Waals surface area (Å²) >= 11 is 3.24. The van der Waals surface area contributed by atoms with Gasteiger partial charge in [-0.05, 0) is 52.7 Å². The number of pyridine rings is 1. The zero-order valence-corrected chi connectivity index (χ0v) is 11.2. The highest BCUT2D eigenvalue weighted by molar-refractivity contribution is 9.10.